The van der Waals surface area contributed by atoms with Gasteiger partial charge in [-0.1, -0.05) is 0 Å². The third-order valence-corrected chi connectivity index (χ3v) is 2.12. The summed E-state index contributed by atoms with van der Waals surface area (Å²) in [4.78, 5) is 2.23. The maximum atomic E-state index is 5.05. The van der Waals surface area contributed by atoms with Gasteiger partial charge in [0.2, 0.25) is 0 Å². The second-order valence-corrected chi connectivity index (χ2v) is 3.01. The number of H-pyrrole nitrogens is 1. The summed E-state index contributed by atoms with van der Waals surface area (Å²) >= 11 is 0. The number of rotatable bonds is 2. The molecule has 4 nitrogen and oxygen atoms in total. The molecular weight excluding hydrogens is 154 g/mol. The Bertz CT molecular complexity index is 259. The molecule has 1 aliphatic rings. The van der Waals surface area contributed by atoms with E-state index < -0.39 is 0 Å². The van der Waals surface area contributed by atoms with E-state index in [2.05, 4.69) is 21.3 Å². The number of fused-ring (bicyclic) bond motifs is 1. The van der Waals surface area contributed by atoms with Crippen molar-refractivity contribution in [3.8, 4) is 0 Å². The largest absolute Gasteiger partial charge is 0.369 e. The monoisotopic (exact) mass is 166 g/mol. The van der Waals surface area contributed by atoms with Crippen LogP contribution in [-0.2, 0) is 17.7 Å². The highest BCUT2D eigenvalue weighted by atomic mass is 16.5. The van der Waals surface area contributed by atoms with Crippen LogP contribution in [-0.4, -0.2) is 35.5 Å². The Morgan fingerprint density at radius 3 is 3.50 bits per heavy atom. The van der Waals surface area contributed by atoms with Gasteiger partial charge in [-0.05, 0) is 0 Å². The minimum Gasteiger partial charge on any atom is -0.369 e. The number of aromatic amines is 1. The Morgan fingerprint density at radius 2 is 2.67 bits per heavy atom. The Kier molecular flexibility index (Phi) is 2.10. The highest BCUT2D eigenvalue weighted by Gasteiger charge is 2.17. The van der Waals surface area contributed by atoms with Gasteiger partial charge >= 0.3 is 0 Å². The molecule has 0 bridgehead atoms. The molecule has 1 aromatic rings. The Morgan fingerprint density at radius 1 is 1.75 bits per heavy atom. The molecule has 0 fully saturated rings. The Hall–Kier alpha value is -0.870. The molecule has 0 aliphatic carbocycles. The van der Waals surface area contributed by atoms with Gasteiger partial charge in [0.15, 0.2) is 0 Å². The molecule has 1 radical (unpaired) electrons. The molecule has 1 N–H and O–H groups in total. The summed E-state index contributed by atoms with van der Waals surface area (Å²) < 4.78 is 5.05. The van der Waals surface area contributed by atoms with Crippen molar-refractivity contribution < 1.29 is 4.74 Å². The zero-order chi connectivity index (χ0) is 8.39. The summed E-state index contributed by atoms with van der Waals surface area (Å²) in [5, 5.41) is 6.83. The third kappa shape index (κ3) is 1.35. The van der Waals surface area contributed by atoms with Crippen LogP contribution < -0.4 is 0 Å². The minimum absolute atomic E-state index is 0.693. The Balaban J connectivity index is 2.05. The summed E-state index contributed by atoms with van der Waals surface area (Å²) in [5.41, 5.74) is 2.40. The molecule has 0 saturated heterocycles. The van der Waals surface area contributed by atoms with Crippen LogP contribution in [0.5, 0.6) is 0 Å². The molecular formula is C8H12N3O. The molecule has 2 rings (SSSR count). The summed E-state index contributed by atoms with van der Waals surface area (Å²) in [6, 6.07) is 0. The van der Waals surface area contributed by atoms with E-state index in [4.69, 9.17) is 4.74 Å². The van der Waals surface area contributed by atoms with Crippen molar-refractivity contribution in [2.75, 3.05) is 20.4 Å². The molecule has 0 aromatic carbocycles. The van der Waals surface area contributed by atoms with Gasteiger partial charge in [-0.3, -0.25) is 10.00 Å². The fourth-order valence-electron chi connectivity index (χ4n) is 1.50. The summed E-state index contributed by atoms with van der Waals surface area (Å²) in [6.45, 7) is 2.63. The average molecular weight is 166 g/mol. The zero-order valence-electron chi connectivity index (χ0n) is 7.13. The number of hydrogen-bond acceptors (Lipinski definition) is 3. The van der Waals surface area contributed by atoms with Crippen molar-refractivity contribution in [2.45, 2.75) is 13.0 Å². The molecule has 2 heterocycles. The van der Waals surface area contributed by atoms with Gasteiger partial charge in [0, 0.05) is 37.9 Å². The van der Waals surface area contributed by atoms with Crippen molar-refractivity contribution in [1.29, 1.82) is 0 Å². The van der Waals surface area contributed by atoms with Gasteiger partial charge < -0.3 is 4.74 Å². The fraction of sp³-hybridized carbons (Fsp3) is 0.625. The molecule has 12 heavy (non-hydrogen) atoms. The van der Waals surface area contributed by atoms with E-state index in [-0.39, 0.29) is 0 Å². The van der Waals surface area contributed by atoms with Crippen LogP contribution in [0.2, 0.25) is 0 Å². The number of nitrogens with zero attached hydrogens (tertiary/aromatic N) is 2. The summed E-state index contributed by atoms with van der Waals surface area (Å²) in [5.74, 6) is 0. The van der Waals surface area contributed by atoms with E-state index in [1.165, 1.54) is 11.3 Å². The first-order chi connectivity index (χ1) is 5.90. The van der Waals surface area contributed by atoms with Crippen LogP contribution in [0.4, 0.5) is 0 Å². The summed E-state index contributed by atoms with van der Waals surface area (Å²) in [7, 11) is 1.72. The van der Waals surface area contributed by atoms with E-state index in [0.717, 1.165) is 19.5 Å². The third-order valence-electron chi connectivity index (χ3n) is 2.12. The average Bonchev–Trinajstić information content (AvgIpc) is 2.51. The zero-order valence-corrected chi connectivity index (χ0v) is 7.13. The maximum absolute atomic E-state index is 5.05. The molecule has 0 amide bonds. The van der Waals surface area contributed by atoms with Gasteiger partial charge in [0.25, 0.3) is 0 Å². The van der Waals surface area contributed by atoms with Crippen LogP contribution in [0.3, 0.4) is 0 Å². The maximum Gasteiger partial charge on any atom is 0.117 e. The van der Waals surface area contributed by atoms with Gasteiger partial charge in [0.05, 0.1) is 6.73 Å². The normalized spacial score (nSPS) is 17.8. The van der Waals surface area contributed by atoms with Crippen molar-refractivity contribution in [3.63, 3.8) is 0 Å². The van der Waals surface area contributed by atoms with E-state index in [9.17, 15) is 0 Å². The van der Waals surface area contributed by atoms with Crippen LogP contribution in [0.25, 0.3) is 0 Å². The highest BCUT2D eigenvalue weighted by molar-refractivity contribution is 5.17. The first kappa shape index (κ1) is 7.76. The lowest BCUT2D eigenvalue weighted by atomic mass is 10.1. The van der Waals surface area contributed by atoms with Gasteiger partial charge in [-0.25, -0.2) is 0 Å². The molecule has 1 aromatic heterocycles. The summed E-state index contributed by atoms with van der Waals surface area (Å²) in [6.07, 6.45) is 3.97. The topological polar surface area (TPSA) is 41.1 Å². The lowest BCUT2D eigenvalue weighted by Crippen LogP contribution is -2.31. The molecule has 65 valence electrons. The number of nitrogens with one attached hydrogen (secondary N) is 1. The molecule has 4 heteroatoms. The lowest BCUT2D eigenvalue weighted by molar-refractivity contribution is 0.0541. The first-order valence-electron chi connectivity index (χ1n) is 4.05. The number of methoxy groups -OCH3 is 1. The smallest absolute Gasteiger partial charge is 0.117 e. The van der Waals surface area contributed by atoms with Crippen LogP contribution >= 0.6 is 0 Å². The first-order valence-corrected chi connectivity index (χ1v) is 4.05. The number of ether oxygens (including phenoxy) is 1. The van der Waals surface area contributed by atoms with Gasteiger partial charge in [-0.2, -0.15) is 5.10 Å². The predicted octanol–water partition coefficient (Wildman–Crippen LogP) is 0.172. The van der Waals surface area contributed by atoms with E-state index in [1.807, 2.05) is 0 Å². The van der Waals surface area contributed by atoms with Crippen LogP contribution in [0, 0.1) is 6.20 Å². The molecule has 1 aliphatic heterocycles. The van der Waals surface area contributed by atoms with Gasteiger partial charge in [0.1, 0.15) is 6.20 Å². The van der Waals surface area contributed by atoms with Crippen molar-refractivity contribution in [3.05, 3.63) is 17.5 Å². The SMILES string of the molecule is COCN1CCc2[nH]n[c]c2C1. The molecule has 0 atom stereocenters. The molecule has 0 spiro atoms. The van der Waals surface area contributed by atoms with E-state index >= 15 is 0 Å². The highest BCUT2D eigenvalue weighted by Crippen LogP contribution is 2.14. The van der Waals surface area contributed by atoms with Crippen LogP contribution in [0.1, 0.15) is 11.3 Å². The number of aromatic nitrogens is 2. The predicted molar refractivity (Wildman–Crippen MR) is 43.4 cm³/mol. The van der Waals surface area contributed by atoms with Crippen molar-refractivity contribution in [2.24, 2.45) is 0 Å². The quantitative estimate of drug-likeness (QED) is 0.681. The standard InChI is InChI=1S/C8H12N3O/c1-12-6-11-3-2-8-7(5-11)4-9-10-8/h2-3,5-6H2,1H3,(H,9,10). The second-order valence-electron chi connectivity index (χ2n) is 3.01. The minimum atomic E-state index is 0.693. The number of hydrogen-bond donors (Lipinski definition) is 1. The second kappa shape index (κ2) is 3.25. The lowest BCUT2D eigenvalue weighted by Gasteiger charge is -2.24. The van der Waals surface area contributed by atoms with Gasteiger partial charge in [-0.15, -0.1) is 0 Å². The molecule has 0 saturated carbocycles. The molecule has 0 unspecified atom stereocenters. The Labute approximate surface area is 71.5 Å². The fourth-order valence-corrected chi connectivity index (χ4v) is 1.50. The van der Waals surface area contributed by atoms with Crippen molar-refractivity contribution in [1.82, 2.24) is 15.1 Å². The van der Waals surface area contributed by atoms with Crippen LogP contribution in [0.15, 0.2) is 0 Å². The van der Waals surface area contributed by atoms with E-state index in [1.54, 1.807) is 7.11 Å². The van der Waals surface area contributed by atoms with E-state index in [0.29, 0.717) is 6.73 Å². The van der Waals surface area contributed by atoms with Crippen molar-refractivity contribution >= 4 is 0 Å².